The third kappa shape index (κ3) is 3.48. The standard InChI is InChI=1S/C9H17NO3S/c1-6(4-10)14-5-7-2-3-8(13-7)9(11)12/h6-8H,2-5,10H2,1H3,(H,11,12). The Hall–Kier alpha value is -0.260. The number of hydrogen-bond acceptors (Lipinski definition) is 4. The van der Waals surface area contributed by atoms with Crippen LogP contribution in [0.1, 0.15) is 19.8 Å². The fourth-order valence-electron chi connectivity index (χ4n) is 1.35. The van der Waals surface area contributed by atoms with Gasteiger partial charge < -0.3 is 15.6 Å². The van der Waals surface area contributed by atoms with Crippen LogP contribution >= 0.6 is 11.8 Å². The summed E-state index contributed by atoms with van der Waals surface area (Å²) in [4.78, 5) is 10.6. The van der Waals surface area contributed by atoms with Crippen LogP contribution in [0.3, 0.4) is 0 Å². The summed E-state index contributed by atoms with van der Waals surface area (Å²) >= 11 is 1.74. The lowest BCUT2D eigenvalue weighted by Crippen LogP contribution is -2.22. The number of aliphatic carboxylic acids is 1. The van der Waals surface area contributed by atoms with Crippen molar-refractivity contribution in [1.82, 2.24) is 0 Å². The molecule has 0 aliphatic carbocycles. The van der Waals surface area contributed by atoms with Crippen LogP contribution in [0.4, 0.5) is 0 Å². The maximum atomic E-state index is 10.6. The lowest BCUT2D eigenvalue weighted by Gasteiger charge is -2.13. The molecule has 0 spiro atoms. The van der Waals surface area contributed by atoms with Crippen LogP contribution in [0.25, 0.3) is 0 Å². The third-order valence-corrected chi connectivity index (χ3v) is 3.61. The van der Waals surface area contributed by atoms with Gasteiger partial charge in [0.05, 0.1) is 6.10 Å². The van der Waals surface area contributed by atoms with Crippen molar-refractivity contribution in [2.45, 2.75) is 37.2 Å². The number of thioether (sulfide) groups is 1. The van der Waals surface area contributed by atoms with Gasteiger partial charge in [0.15, 0.2) is 6.10 Å². The molecule has 0 amide bonds. The minimum absolute atomic E-state index is 0.0927. The molecule has 0 aromatic rings. The van der Waals surface area contributed by atoms with E-state index < -0.39 is 12.1 Å². The van der Waals surface area contributed by atoms with Gasteiger partial charge in [0, 0.05) is 17.5 Å². The van der Waals surface area contributed by atoms with E-state index in [-0.39, 0.29) is 6.10 Å². The second-order valence-corrected chi connectivity index (χ2v) is 5.01. The van der Waals surface area contributed by atoms with Crippen LogP contribution in [0.5, 0.6) is 0 Å². The molecule has 1 aliphatic rings. The normalized spacial score (nSPS) is 29.0. The van der Waals surface area contributed by atoms with Crippen molar-refractivity contribution in [2.24, 2.45) is 5.73 Å². The Kier molecular flexibility index (Phi) is 4.71. The fourth-order valence-corrected chi connectivity index (χ4v) is 2.27. The molecule has 0 radical (unpaired) electrons. The van der Waals surface area contributed by atoms with E-state index in [4.69, 9.17) is 15.6 Å². The number of rotatable bonds is 5. The zero-order valence-electron chi connectivity index (χ0n) is 8.31. The van der Waals surface area contributed by atoms with Gasteiger partial charge in [-0.05, 0) is 12.8 Å². The summed E-state index contributed by atoms with van der Waals surface area (Å²) in [5.41, 5.74) is 5.48. The van der Waals surface area contributed by atoms with Crippen molar-refractivity contribution in [3.05, 3.63) is 0 Å². The first-order chi connectivity index (χ1) is 6.63. The maximum absolute atomic E-state index is 10.6. The van der Waals surface area contributed by atoms with E-state index in [0.717, 1.165) is 12.2 Å². The Morgan fingerprint density at radius 1 is 1.71 bits per heavy atom. The molecule has 14 heavy (non-hydrogen) atoms. The maximum Gasteiger partial charge on any atom is 0.332 e. The first-order valence-corrected chi connectivity index (χ1v) is 5.88. The first kappa shape index (κ1) is 11.8. The van der Waals surface area contributed by atoms with Gasteiger partial charge in [0.25, 0.3) is 0 Å². The number of hydrogen-bond donors (Lipinski definition) is 2. The number of carbonyl (C=O) groups is 1. The summed E-state index contributed by atoms with van der Waals surface area (Å²) in [5.74, 6) is 0.00618. The van der Waals surface area contributed by atoms with Gasteiger partial charge in [-0.2, -0.15) is 11.8 Å². The Morgan fingerprint density at radius 3 is 2.93 bits per heavy atom. The van der Waals surface area contributed by atoms with Gasteiger partial charge in [-0.25, -0.2) is 4.79 Å². The molecule has 1 aliphatic heterocycles. The van der Waals surface area contributed by atoms with E-state index in [2.05, 4.69) is 6.92 Å². The summed E-state index contributed by atoms with van der Waals surface area (Å²) in [6.45, 7) is 2.72. The van der Waals surface area contributed by atoms with Crippen LogP contribution in [-0.4, -0.2) is 40.8 Å². The second kappa shape index (κ2) is 5.58. The molecule has 3 atom stereocenters. The molecular weight excluding hydrogens is 202 g/mol. The van der Waals surface area contributed by atoms with Crippen molar-refractivity contribution >= 4 is 17.7 Å². The van der Waals surface area contributed by atoms with Gasteiger partial charge in [-0.15, -0.1) is 0 Å². The third-order valence-electron chi connectivity index (χ3n) is 2.28. The van der Waals surface area contributed by atoms with Crippen molar-refractivity contribution in [3.8, 4) is 0 Å². The molecule has 0 aromatic carbocycles. The smallest absolute Gasteiger partial charge is 0.332 e. The minimum atomic E-state index is -0.843. The first-order valence-electron chi connectivity index (χ1n) is 4.83. The number of nitrogens with two attached hydrogens (primary N) is 1. The van der Waals surface area contributed by atoms with E-state index in [0.29, 0.717) is 18.2 Å². The van der Waals surface area contributed by atoms with Gasteiger partial charge in [0.2, 0.25) is 0 Å². The molecule has 0 bridgehead atoms. The zero-order valence-corrected chi connectivity index (χ0v) is 9.13. The predicted molar refractivity (Wildman–Crippen MR) is 56.5 cm³/mol. The van der Waals surface area contributed by atoms with Gasteiger partial charge >= 0.3 is 5.97 Å². The number of ether oxygens (including phenoxy) is 1. The second-order valence-electron chi connectivity index (χ2n) is 3.54. The molecule has 3 unspecified atom stereocenters. The van der Waals surface area contributed by atoms with Crippen molar-refractivity contribution in [2.75, 3.05) is 12.3 Å². The number of carboxylic acid groups (broad SMARTS) is 1. The SMILES string of the molecule is CC(CN)SCC1CCC(C(=O)O)O1. The summed E-state index contributed by atoms with van der Waals surface area (Å²) in [7, 11) is 0. The van der Waals surface area contributed by atoms with Gasteiger partial charge in [-0.3, -0.25) is 0 Å². The molecule has 1 saturated heterocycles. The van der Waals surface area contributed by atoms with Crippen LogP contribution in [-0.2, 0) is 9.53 Å². The quantitative estimate of drug-likeness (QED) is 0.712. The molecule has 4 nitrogen and oxygen atoms in total. The molecular formula is C9H17NO3S. The Labute approximate surface area is 88.2 Å². The molecule has 0 saturated carbocycles. The summed E-state index contributed by atoms with van der Waals surface area (Å²) in [5, 5.41) is 9.12. The fraction of sp³-hybridized carbons (Fsp3) is 0.889. The van der Waals surface area contributed by atoms with E-state index >= 15 is 0 Å². The van der Waals surface area contributed by atoms with E-state index in [1.807, 2.05) is 0 Å². The Bertz CT molecular complexity index is 200. The average Bonchev–Trinajstić information content (AvgIpc) is 2.62. The van der Waals surface area contributed by atoms with Gasteiger partial charge in [0.1, 0.15) is 0 Å². The van der Waals surface area contributed by atoms with E-state index in [1.165, 1.54) is 0 Å². The van der Waals surface area contributed by atoms with Crippen LogP contribution < -0.4 is 5.73 Å². The average molecular weight is 219 g/mol. The molecule has 0 aromatic heterocycles. The molecule has 1 rings (SSSR count). The molecule has 3 N–H and O–H groups in total. The lowest BCUT2D eigenvalue weighted by molar-refractivity contribution is -0.148. The highest BCUT2D eigenvalue weighted by molar-refractivity contribution is 7.99. The number of carboxylic acids is 1. The lowest BCUT2D eigenvalue weighted by atomic mass is 10.2. The minimum Gasteiger partial charge on any atom is -0.479 e. The van der Waals surface area contributed by atoms with Crippen molar-refractivity contribution in [1.29, 1.82) is 0 Å². The van der Waals surface area contributed by atoms with Crippen LogP contribution in [0.15, 0.2) is 0 Å². The molecule has 82 valence electrons. The highest BCUT2D eigenvalue weighted by atomic mass is 32.2. The highest BCUT2D eigenvalue weighted by Gasteiger charge is 2.30. The summed E-state index contributed by atoms with van der Waals surface area (Å²) in [6, 6.07) is 0. The van der Waals surface area contributed by atoms with Gasteiger partial charge in [-0.1, -0.05) is 6.92 Å². The zero-order chi connectivity index (χ0) is 10.6. The van der Waals surface area contributed by atoms with Crippen LogP contribution in [0, 0.1) is 0 Å². The summed E-state index contributed by atoms with van der Waals surface area (Å²) in [6.07, 6.45) is 0.989. The largest absolute Gasteiger partial charge is 0.479 e. The molecule has 1 heterocycles. The highest BCUT2D eigenvalue weighted by Crippen LogP contribution is 2.24. The Morgan fingerprint density at radius 2 is 2.43 bits per heavy atom. The predicted octanol–water partition coefficient (Wildman–Crippen LogP) is 0.699. The van der Waals surface area contributed by atoms with Crippen molar-refractivity contribution in [3.63, 3.8) is 0 Å². The van der Waals surface area contributed by atoms with Crippen molar-refractivity contribution < 1.29 is 14.6 Å². The monoisotopic (exact) mass is 219 g/mol. The van der Waals surface area contributed by atoms with E-state index in [9.17, 15) is 4.79 Å². The van der Waals surface area contributed by atoms with Crippen LogP contribution in [0.2, 0.25) is 0 Å². The topological polar surface area (TPSA) is 72.6 Å². The Balaban J connectivity index is 2.19. The molecule has 1 fully saturated rings. The molecule has 5 heteroatoms. The van der Waals surface area contributed by atoms with E-state index in [1.54, 1.807) is 11.8 Å². The summed E-state index contributed by atoms with van der Waals surface area (Å²) < 4.78 is 5.36.